The fraction of sp³-hybridized carbons (Fsp3) is 0.500. The molecule has 1 rings (SSSR count). The molecule has 0 aromatic heterocycles. The minimum Gasteiger partial charge on any atom is -0.197 e. The van der Waals surface area contributed by atoms with Crippen LogP contribution in [-0.2, 0) is 0 Å². The maximum absolute atomic E-state index is 8.97. The summed E-state index contributed by atoms with van der Waals surface area (Å²) < 4.78 is 0. The predicted octanol–water partition coefficient (Wildman–Crippen LogP) is 3.03. The second kappa shape index (κ2) is 4.33. The largest absolute Gasteiger partial charge is 0.197 e. The van der Waals surface area contributed by atoms with Crippen LogP contribution in [0.1, 0.15) is 19.3 Å². The Bertz CT molecular complexity index is 223. The lowest BCUT2D eigenvalue weighted by molar-refractivity contribution is 0.562. The molecule has 0 atom stereocenters. The molecule has 0 aliphatic heterocycles. The normalized spacial score (nSPS) is 19.0. The first-order chi connectivity index (χ1) is 5.83. The molecule has 2 heteroatoms. The zero-order valence-electron chi connectivity index (χ0n) is 6.96. The van der Waals surface area contributed by atoms with Crippen molar-refractivity contribution in [1.82, 2.24) is 0 Å². The summed E-state index contributed by atoms with van der Waals surface area (Å²) in [5.41, 5.74) is -0.368. The minimum absolute atomic E-state index is 0.368. The molecule has 0 aromatic rings. The third kappa shape index (κ3) is 2.12. The number of nitrogens with zero attached hydrogens (tertiary/aromatic N) is 1. The number of hydrogen-bond donors (Lipinski definition) is 0. The molecule has 64 valence electrons. The monoisotopic (exact) mass is 181 g/mol. The highest BCUT2D eigenvalue weighted by Crippen LogP contribution is 2.29. The molecular weight excluding hydrogens is 170 g/mol. The molecule has 0 saturated heterocycles. The Morgan fingerprint density at radius 1 is 1.42 bits per heavy atom. The van der Waals surface area contributed by atoms with E-state index < -0.39 is 0 Å². The van der Waals surface area contributed by atoms with Crippen molar-refractivity contribution in [2.45, 2.75) is 19.3 Å². The summed E-state index contributed by atoms with van der Waals surface area (Å²) in [6, 6.07) is 2.32. The Labute approximate surface area is 78.3 Å². The average Bonchev–Trinajstić information content (AvgIpc) is 2.16. The van der Waals surface area contributed by atoms with Crippen molar-refractivity contribution in [3.8, 4) is 6.07 Å². The van der Waals surface area contributed by atoms with Gasteiger partial charge in [0.25, 0.3) is 0 Å². The molecular formula is C10H12ClN. The zero-order valence-corrected chi connectivity index (χ0v) is 7.72. The molecule has 0 N–H and O–H groups in total. The van der Waals surface area contributed by atoms with Crippen molar-refractivity contribution in [2.75, 3.05) is 5.88 Å². The summed E-state index contributed by atoms with van der Waals surface area (Å²) in [6.45, 7) is 0. The molecule has 0 radical (unpaired) electrons. The molecule has 0 amide bonds. The van der Waals surface area contributed by atoms with E-state index in [1.807, 2.05) is 24.3 Å². The Morgan fingerprint density at radius 3 is 2.58 bits per heavy atom. The van der Waals surface area contributed by atoms with E-state index in [1.54, 1.807) is 0 Å². The third-order valence-corrected chi connectivity index (χ3v) is 2.30. The van der Waals surface area contributed by atoms with Gasteiger partial charge < -0.3 is 0 Å². The van der Waals surface area contributed by atoms with Crippen LogP contribution < -0.4 is 0 Å². The Hall–Kier alpha value is -0.740. The van der Waals surface area contributed by atoms with Gasteiger partial charge in [-0.3, -0.25) is 0 Å². The quantitative estimate of drug-likeness (QED) is 0.485. The highest BCUT2D eigenvalue weighted by molar-refractivity contribution is 6.17. The summed E-state index contributed by atoms with van der Waals surface area (Å²) in [7, 11) is 0. The first-order valence-electron chi connectivity index (χ1n) is 4.15. The van der Waals surface area contributed by atoms with Crippen LogP contribution in [0, 0.1) is 16.7 Å². The van der Waals surface area contributed by atoms with Gasteiger partial charge in [0.15, 0.2) is 0 Å². The second-order valence-corrected chi connectivity index (χ2v) is 3.36. The van der Waals surface area contributed by atoms with Crippen LogP contribution >= 0.6 is 11.6 Å². The smallest absolute Gasteiger partial charge is 0.0934 e. The van der Waals surface area contributed by atoms with Crippen LogP contribution in [0.2, 0.25) is 0 Å². The molecule has 0 heterocycles. The lowest BCUT2D eigenvalue weighted by atomic mass is 9.82. The van der Waals surface area contributed by atoms with Gasteiger partial charge >= 0.3 is 0 Å². The van der Waals surface area contributed by atoms with Gasteiger partial charge in [-0.05, 0) is 19.3 Å². The highest BCUT2D eigenvalue weighted by Gasteiger charge is 2.23. The van der Waals surface area contributed by atoms with Crippen LogP contribution in [0.15, 0.2) is 24.3 Å². The third-order valence-electron chi connectivity index (χ3n) is 2.03. The fourth-order valence-electron chi connectivity index (χ4n) is 1.35. The summed E-state index contributed by atoms with van der Waals surface area (Å²) in [5.74, 6) is 0.630. The molecule has 0 bridgehead atoms. The number of alkyl halides is 1. The fourth-order valence-corrected chi connectivity index (χ4v) is 1.48. The van der Waals surface area contributed by atoms with Crippen LogP contribution in [0.25, 0.3) is 0 Å². The topological polar surface area (TPSA) is 23.8 Å². The second-order valence-electron chi connectivity index (χ2n) is 2.99. The summed E-state index contributed by atoms with van der Waals surface area (Å²) in [4.78, 5) is 0. The first-order valence-corrected chi connectivity index (χ1v) is 4.69. The van der Waals surface area contributed by atoms with E-state index >= 15 is 0 Å². The molecule has 12 heavy (non-hydrogen) atoms. The summed E-state index contributed by atoms with van der Waals surface area (Å²) >= 11 is 5.58. The van der Waals surface area contributed by atoms with Crippen LogP contribution in [-0.4, -0.2) is 5.88 Å². The van der Waals surface area contributed by atoms with Crippen LogP contribution in [0.5, 0.6) is 0 Å². The van der Waals surface area contributed by atoms with Gasteiger partial charge in [0.1, 0.15) is 0 Å². The van der Waals surface area contributed by atoms with Crippen molar-refractivity contribution in [1.29, 1.82) is 5.26 Å². The van der Waals surface area contributed by atoms with E-state index in [-0.39, 0.29) is 5.41 Å². The van der Waals surface area contributed by atoms with Crippen molar-refractivity contribution in [3.05, 3.63) is 24.3 Å². The van der Waals surface area contributed by atoms with Gasteiger partial charge in [-0.2, -0.15) is 5.26 Å². The van der Waals surface area contributed by atoms with Gasteiger partial charge in [-0.1, -0.05) is 24.3 Å². The predicted molar refractivity (Wildman–Crippen MR) is 50.9 cm³/mol. The van der Waals surface area contributed by atoms with E-state index in [2.05, 4.69) is 6.07 Å². The molecule has 1 aliphatic rings. The Balaban J connectivity index is 2.63. The Kier molecular flexibility index (Phi) is 3.37. The molecule has 0 spiro atoms. The number of halogens is 1. The van der Waals surface area contributed by atoms with Crippen molar-refractivity contribution >= 4 is 11.6 Å². The van der Waals surface area contributed by atoms with E-state index in [1.165, 1.54) is 0 Å². The van der Waals surface area contributed by atoms with Gasteiger partial charge in [-0.25, -0.2) is 0 Å². The number of hydrogen-bond acceptors (Lipinski definition) is 1. The molecule has 0 aromatic carbocycles. The van der Waals surface area contributed by atoms with Crippen LogP contribution in [0.4, 0.5) is 0 Å². The molecule has 1 aliphatic carbocycles. The van der Waals surface area contributed by atoms with E-state index in [9.17, 15) is 0 Å². The SMILES string of the molecule is N#CC1(CCCCl)C=CCC=C1. The van der Waals surface area contributed by atoms with Crippen LogP contribution in [0.3, 0.4) is 0 Å². The zero-order chi connectivity index (χ0) is 8.86. The number of nitriles is 1. The van der Waals surface area contributed by atoms with Gasteiger partial charge in [-0.15, -0.1) is 11.6 Å². The van der Waals surface area contributed by atoms with E-state index in [0.29, 0.717) is 5.88 Å². The minimum atomic E-state index is -0.368. The molecule has 1 nitrogen and oxygen atoms in total. The molecule has 0 unspecified atom stereocenters. The van der Waals surface area contributed by atoms with Crippen molar-refractivity contribution in [2.24, 2.45) is 5.41 Å². The van der Waals surface area contributed by atoms with Gasteiger partial charge in [0.05, 0.1) is 11.5 Å². The first kappa shape index (κ1) is 9.35. The lowest BCUT2D eigenvalue weighted by Crippen LogP contribution is -2.13. The Morgan fingerprint density at radius 2 is 2.08 bits per heavy atom. The van der Waals surface area contributed by atoms with E-state index in [4.69, 9.17) is 16.9 Å². The van der Waals surface area contributed by atoms with E-state index in [0.717, 1.165) is 19.3 Å². The summed E-state index contributed by atoms with van der Waals surface area (Å²) in [5, 5.41) is 8.97. The average molecular weight is 182 g/mol. The lowest BCUT2D eigenvalue weighted by Gasteiger charge is -2.20. The van der Waals surface area contributed by atoms with Crippen molar-refractivity contribution in [3.63, 3.8) is 0 Å². The van der Waals surface area contributed by atoms with Crippen molar-refractivity contribution < 1.29 is 0 Å². The standard InChI is InChI=1S/C10H12ClN/c11-8-4-7-10(9-12)5-2-1-3-6-10/h2-3,5-6H,1,4,7-8H2. The summed E-state index contributed by atoms with van der Waals surface area (Å²) in [6.07, 6.45) is 10.7. The maximum atomic E-state index is 8.97. The molecule has 0 saturated carbocycles. The number of allylic oxidation sites excluding steroid dienone is 4. The highest BCUT2D eigenvalue weighted by atomic mass is 35.5. The number of rotatable bonds is 3. The van der Waals surface area contributed by atoms with Gasteiger partial charge in [0.2, 0.25) is 0 Å². The maximum Gasteiger partial charge on any atom is 0.0934 e. The van der Waals surface area contributed by atoms with Gasteiger partial charge in [0, 0.05) is 5.88 Å². The molecule has 0 fully saturated rings.